The normalized spacial score (nSPS) is 24.5. The predicted molar refractivity (Wildman–Crippen MR) is 69.4 cm³/mol. The summed E-state index contributed by atoms with van der Waals surface area (Å²) in [6.07, 6.45) is 2.29. The molecule has 3 rings (SSSR count). The first-order chi connectivity index (χ1) is 8.84. The summed E-state index contributed by atoms with van der Waals surface area (Å²) >= 11 is 0. The highest BCUT2D eigenvalue weighted by Crippen LogP contribution is 2.28. The van der Waals surface area contributed by atoms with Crippen LogP contribution in [0, 0.1) is 5.82 Å². The molecule has 0 saturated carbocycles. The molecule has 0 bridgehead atoms. The number of anilines is 1. The highest BCUT2D eigenvalue weighted by molar-refractivity contribution is 5.50. The van der Waals surface area contributed by atoms with Gasteiger partial charge < -0.3 is 15.0 Å². The molecule has 1 unspecified atom stereocenters. The Bertz CT molecular complexity index is 412. The lowest BCUT2D eigenvalue weighted by molar-refractivity contribution is 0.122. The molecule has 3 nitrogen and oxygen atoms in total. The molecule has 2 heterocycles. The first kappa shape index (κ1) is 11.9. The van der Waals surface area contributed by atoms with Crippen LogP contribution in [0.3, 0.4) is 0 Å². The van der Waals surface area contributed by atoms with Crippen molar-refractivity contribution in [3.63, 3.8) is 0 Å². The summed E-state index contributed by atoms with van der Waals surface area (Å²) in [6.45, 7) is 3.96. The Morgan fingerprint density at radius 2 is 2.11 bits per heavy atom. The fourth-order valence-electron chi connectivity index (χ4n) is 2.77. The van der Waals surface area contributed by atoms with E-state index in [0.717, 1.165) is 31.6 Å². The molecule has 0 spiro atoms. The van der Waals surface area contributed by atoms with E-state index in [1.165, 1.54) is 6.42 Å². The summed E-state index contributed by atoms with van der Waals surface area (Å²) in [5.74, 6) is -0.108. The zero-order valence-electron chi connectivity index (χ0n) is 10.5. The third-order valence-corrected chi connectivity index (χ3v) is 3.79. The Balaban J connectivity index is 1.79. The molecule has 1 aromatic carbocycles. The molecule has 2 aliphatic rings. The molecule has 4 heteroatoms. The lowest BCUT2D eigenvalue weighted by Gasteiger charge is -2.29. The number of benzene rings is 1. The van der Waals surface area contributed by atoms with Gasteiger partial charge in [0.05, 0.1) is 18.9 Å². The van der Waals surface area contributed by atoms with Crippen LogP contribution in [0.4, 0.5) is 10.1 Å². The second-order valence-electron chi connectivity index (χ2n) is 4.96. The van der Waals surface area contributed by atoms with Crippen molar-refractivity contribution >= 4 is 5.69 Å². The third-order valence-electron chi connectivity index (χ3n) is 3.79. The second-order valence-corrected chi connectivity index (χ2v) is 4.96. The fourth-order valence-corrected chi connectivity index (χ4v) is 2.77. The van der Waals surface area contributed by atoms with E-state index in [-0.39, 0.29) is 5.82 Å². The van der Waals surface area contributed by atoms with Crippen molar-refractivity contribution in [3.8, 4) is 0 Å². The van der Waals surface area contributed by atoms with Crippen LogP contribution in [-0.2, 0) is 4.74 Å². The highest BCUT2D eigenvalue weighted by atomic mass is 19.1. The van der Waals surface area contributed by atoms with Crippen molar-refractivity contribution in [2.45, 2.75) is 18.9 Å². The molecular weight excluding hydrogens is 231 g/mol. The largest absolute Gasteiger partial charge is 0.378 e. The fraction of sp³-hybridized carbons (Fsp3) is 0.571. The van der Waals surface area contributed by atoms with Crippen LogP contribution in [0.5, 0.6) is 0 Å². The number of halogens is 1. The van der Waals surface area contributed by atoms with Crippen molar-refractivity contribution in [1.29, 1.82) is 0 Å². The topological polar surface area (TPSA) is 24.5 Å². The summed E-state index contributed by atoms with van der Waals surface area (Å²) in [6, 6.07) is 5.99. The SMILES string of the molecule is Fc1cc(C2CCCN2)ccc1N1CCOCC1. The van der Waals surface area contributed by atoms with Gasteiger partial charge in [-0.3, -0.25) is 0 Å². The van der Waals surface area contributed by atoms with Gasteiger partial charge >= 0.3 is 0 Å². The van der Waals surface area contributed by atoms with Crippen molar-refractivity contribution in [2.24, 2.45) is 0 Å². The van der Waals surface area contributed by atoms with E-state index in [1.54, 1.807) is 6.07 Å². The molecule has 2 saturated heterocycles. The molecule has 0 amide bonds. The maximum atomic E-state index is 14.2. The third kappa shape index (κ3) is 2.35. The van der Waals surface area contributed by atoms with E-state index in [9.17, 15) is 4.39 Å². The molecule has 2 aliphatic heterocycles. The highest BCUT2D eigenvalue weighted by Gasteiger charge is 2.19. The Labute approximate surface area is 107 Å². The van der Waals surface area contributed by atoms with Crippen LogP contribution in [0.25, 0.3) is 0 Å². The Morgan fingerprint density at radius 1 is 1.28 bits per heavy atom. The number of hydrogen-bond donors (Lipinski definition) is 1. The lowest BCUT2D eigenvalue weighted by Crippen LogP contribution is -2.36. The summed E-state index contributed by atoms with van der Waals surface area (Å²) in [7, 11) is 0. The van der Waals surface area contributed by atoms with Gasteiger partial charge in [-0.1, -0.05) is 6.07 Å². The van der Waals surface area contributed by atoms with Crippen LogP contribution in [-0.4, -0.2) is 32.8 Å². The minimum absolute atomic E-state index is 0.108. The zero-order valence-corrected chi connectivity index (χ0v) is 10.5. The predicted octanol–water partition coefficient (Wildman–Crippen LogP) is 2.09. The molecule has 18 heavy (non-hydrogen) atoms. The van der Waals surface area contributed by atoms with Crippen LogP contribution >= 0.6 is 0 Å². The van der Waals surface area contributed by atoms with E-state index in [4.69, 9.17) is 4.74 Å². The molecule has 98 valence electrons. The average molecular weight is 250 g/mol. The number of nitrogens with zero attached hydrogens (tertiary/aromatic N) is 1. The Morgan fingerprint density at radius 3 is 2.78 bits per heavy atom. The van der Waals surface area contributed by atoms with Gasteiger partial charge in [-0.05, 0) is 37.1 Å². The first-order valence-corrected chi connectivity index (χ1v) is 6.70. The van der Waals surface area contributed by atoms with Gasteiger partial charge in [-0.2, -0.15) is 0 Å². The molecule has 0 aromatic heterocycles. The summed E-state index contributed by atoms with van der Waals surface area (Å²) in [5, 5.41) is 3.40. The zero-order chi connectivity index (χ0) is 12.4. The number of ether oxygens (including phenoxy) is 1. The van der Waals surface area contributed by atoms with E-state index in [1.807, 2.05) is 6.07 Å². The molecular formula is C14H19FN2O. The van der Waals surface area contributed by atoms with Gasteiger partial charge in [-0.15, -0.1) is 0 Å². The maximum Gasteiger partial charge on any atom is 0.146 e. The van der Waals surface area contributed by atoms with Crippen LogP contribution in [0.15, 0.2) is 18.2 Å². The lowest BCUT2D eigenvalue weighted by atomic mass is 10.0. The standard InChI is InChI=1S/C14H19FN2O/c15-12-10-11(13-2-1-5-16-13)3-4-14(12)17-6-8-18-9-7-17/h3-4,10,13,16H,1-2,5-9H2. The monoisotopic (exact) mass is 250 g/mol. The Kier molecular flexibility index (Phi) is 3.48. The van der Waals surface area contributed by atoms with E-state index in [0.29, 0.717) is 24.9 Å². The number of morpholine rings is 1. The van der Waals surface area contributed by atoms with Crippen molar-refractivity contribution in [1.82, 2.24) is 5.32 Å². The van der Waals surface area contributed by atoms with E-state index in [2.05, 4.69) is 16.3 Å². The Hall–Kier alpha value is -1.13. The average Bonchev–Trinajstić information content (AvgIpc) is 2.93. The molecule has 0 radical (unpaired) electrons. The number of hydrogen-bond acceptors (Lipinski definition) is 3. The van der Waals surface area contributed by atoms with E-state index < -0.39 is 0 Å². The quantitative estimate of drug-likeness (QED) is 0.870. The number of nitrogens with one attached hydrogen (secondary N) is 1. The van der Waals surface area contributed by atoms with Crippen LogP contribution < -0.4 is 10.2 Å². The molecule has 1 atom stereocenters. The van der Waals surface area contributed by atoms with Crippen molar-refractivity contribution in [3.05, 3.63) is 29.6 Å². The minimum Gasteiger partial charge on any atom is -0.378 e. The van der Waals surface area contributed by atoms with Crippen LogP contribution in [0.2, 0.25) is 0 Å². The molecule has 1 N–H and O–H groups in total. The minimum atomic E-state index is -0.108. The van der Waals surface area contributed by atoms with Gasteiger partial charge in [0.2, 0.25) is 0 Å². The maximum absolute atomic E-state index is 14.2. The van der Waals surface area contributed by atoms with Gasteiger partial charge in [0, 0.05) is 19.1 Å². The smallest absolute Gasteiger partial charge is 0.146 e. The molecule has 2 fully saturated rings. The van der Waals surface area contributed by atoms with E-state index >= 15 is 0 Å². The van der Waals surface area contributed by atoms with Gasteiger partial charge in [-0.25, -0.2) is 4.39 Å². The van der Waals surface area contributed by atoms with Crippen molar-refractivity contribution < 1.29 is 9.13 Å². The number of rotatable bonds is 2. The van der Waals surface area contributed by atoms with Crippen molar-refractivity contribution in [2.75, 3.05) is 37.7 Å². The molecule has 1 aromatic rings. The summed E-state index contributed by atoms with van der Waals surface area (Å²) in [4.78, 5) is 2.06. The van der Waals surface area contributed by atoms with Crippen LogP contribution in [0.1, 0.15) is 24.4 Å². The second kappa shape index (κ2) is 5.24. The first-order valence-electron chi connectivity index (χ1n) is 6.70. The van der Waals surface area contributed by atoms with Gasteiger partial charge in [0.25, 0.3) is 0 Å². The van der Waals surface area contributed by atoms with Gasteiger partial charge in [0.1, 0.15) is 5.82 Å². The summed E-state index contributed by atoms with van der Waals surface area (Å²) < 4.78 is 19.5. The summed E-state index contributed by atoms with van der Waals surface area (Å²) in [5.41, 5.74) is 1.78. The van der Waals surface area contributed by atoms with Gasteiger partial charge in [0.15, 0.2) is 0 Å². The molecule has 0 aliphatic carbocycles.